The van der Waals surface area contributed by atoms with Gasteiger partial charge in [-0.15, -0.1) is 0 Å². The van der Waals surface area contributed by atoms with Gasteiger partial charge in [0.15, 0.2) is 0 Å². The van der Waals surface area contributed by atoms with Crippen molar-refractivity contribution in [2.24, 2.45) is 7.05 Å². The van der Waals surface area contributed by atoms with E-state index >= 15 is 0 Å². The second-order valence-electron chi connectivity index (χ2n) is 3.59. The summed E-state index contributed by atoms with van der Waals surface area (Å²) in [5, 5.41) is 1.21. The fourth-order valence-electron chi connectivity index (χ4n) is 1.60. The highest BCUT2D eigenvalue weighted by molar-refractivity contribution is 6.32. The van der Waals surface area contributed by atoms with Gasteiger partial charge in [0.25, 0.3) is 5.56 Å². The molecule has 0 saturated heterocycles. The molecule has 0 unspecified atom stereocenters. The molecule has 0 N–H and O–H groups in total. The van der Waals surface area contributed by atoms with Crippen LogP contribution in [0.2, 0.25) is 5.02 Å². The molecule has 0 aliphatic rings. The summed E-state index contributed by atoms with van der Waals surface area (Å²) in [4.78, 5) is 16.3. The van der Waals surface area contributed by atoms with Crippen molar-refractivity contribution in [1.82, 2.24) is 9.55 Å². The van der Waals surface area contributed by atoms with Gasteiger partial charge < -0.3 is 0 Å². The Morgan fingerprint density at radius 2 is 2.00 bits per heavy atom. The highest BCUT2D eigenvalue weighted by Gasteiger charge is 2.09. The smallest absolute Gasteiger partial charge is 0.261 e. The first-order valence-electron chi connectivity index (χ1n) is 4.65. The molecule has 4 heteroatoms. The van der Waals surface area contributed by atoms with Crippen LogP contribution in [0, 0.1) is 13.8 Å². The van der Waals surface area contributed by atoms with Gasteiger partial charge in [0, 0.05) is 12.1 Å². The number of fused-ring (bicyclic) bond motifs is 1. The maximum Gasteiger partial charge on any atom is 0.261 e. The minimum atomic E-state index is -0.0440. The fraction of sp³-hybridized carbons (Fsp3) is 0.273. The van der Waals surface area contributed by atoms with Crippen molar-refractivity contribution in [3.8, 4) is 0 Å². The molecule has 0 atom stereocenters. The summed E-state index contributed by atoms with van der Waals surface area (Å²) in [6.07, 6.45) is 0. The Labute approximate surface area is 92.3 Å². The normalized spacial score (nSPS) is 10.9. The zero-order valence-electron chi connectivity index (χ0n) is 8.84. The predicted molar refractivity (Wildman–Crippen MR) is 61.5 cm³/mol. The van der Waals surface area contributed by atoms with E-state index in [2.05, 4.69) is 4.98 Å². The predicted octanol–water partition coefficient (Wildman–Crippen LogP) is 2.20. The van der Waals surface area contributed by atoms with Gasteiger partial charge in [0.2, 0.25) is 0 Å². The molecule has 0 amide bonds. The van der Waals surface area contributed by atoms with Crippen LogP contribution in [0.4, 0.5) is 0 Å². The van der Waals surface area contributed by atoms with Gasteiger partial charge in [0.05, 0.1) is 10.9 Å². The van der Waals surface area contributed by atoms with E-state index in [-0.39, 0.29) is 5.56 Å². The molecular weight excluding hydrogens is 212 g/mol. The molecule has 1 aromatic carbocycles. The average molecular weight is 223 g/mol. The number of halogens is 1. The molecule has 0 fully saturated rings. The van der Waals surface area contributed by atoms with Crippen molar-refractivity contribution >= 4 is 22.5 Å². The van der Waals surface area contributed by atoms with Gasteiger partial charge >= 0.3 is 0 Å². The molecule has 1 heterocycles. The van der Waals surface area contributed by atoms with Gasteiger partial charge in [-0.05, 0) is 31.5 Å². The number of benzene rings is 1. The lowest BCUT2D eigenvalue weighted by Gasteiger charge is -2.07. The Morgan fingerprint density at radius 3 is 2.67 bits per heavy atom. The van der Waals surface area contributed by atoms with Crippen molar-refractivity contribution < 1.29 is 0 Å². The molecule has 0 bridgehead atoms. The van der Waals surface area contributed by atoms with Gasteiger partial charge in [0.1, 0.15) is 5.82 Å². The van der Waals surface area contributed by atoms with Crippen LogP contribution in [0.15, 0.2) is 16.9 Å². The van der Waals surface area contributed by atoms with Gasteiger partial charge in [-0.1, -0.05) is 11.6 Å². The molecule has 78 valence electrons. The molecule has 0 spiro atoms. The van der Waals surface area contributed by atoms with E-state index in [1.807, 2.05) is 13.8 Å². The quantitative estimate of drug-likeness (QED) is 0.685. The van der Waals surface area contributed by atoms with Gasteiger partial charge in [-0.3, -0.25) is 9.36 Å². The summed E-state index contributed by atoms with van der Waals surface area (Å²) >= 11 is 5.98. The average Bonchev–Trinajstić information content (AvgIpc) is 2.20. The molecule has 0 radical (unpaired) electrons. The third kappa shape index (κ3) is 1.43. The topological polar surface area (TPSA) is 34.9 Å². The zero-order chi connectivity index (χ0) is 11.2. The van der Waals surface area contributed by atoms with E-state index in [1.165, 1.54) is 4.57 Å². The molecule has 0 aliphatic heterocycles. The first-order valence-corrected chi connectivity index (χ1v) is 5.02. The fourth-order valence-corrected chi connectivity index (χ4v) is 1.76. The first-order chi connectivity index (χ1) is 7.02. The number of hydrogen-bond donors (Lipinski definition) is 0. The molecule has 0 aliphatic carbocycles. The highest BCUT2D eigenvalue weighted by Crippen LogP contribution is 2.21. The Balaban J connectivity index is 3.08. The number of aromatic nitrogens is 2. The molecule has 0 saturated carbocycles. The minimum Gasteiger partial charge on any atom is -0.299 e. The lowest BCUT2D eigenvalue weighted by molar-refractivity contribution is 0.792. The Hall–Kier alpha value is -1.35. The molecule has 15 heavy (non-hydrogen) atoms. The number of hydrogen-bond acceptors (Lipinski definition) is 2. The Morgan fingerprint density at radius 1 is 1.33 bits per heavy atom. The van der Waals surface area contributed by atoms with Gasteiger partial charge in [-0.25, -0.2) is 4.98 Å². The lowest BCUT2D eigenvalue weighted by atomic mass is 10.1. The maximum atomic E-state index is 12.0. The zero-order valence-corrected chi connectivity index (χ0v) is 9.59. The third-order valence-corrected chi connectivity index (χ3v) is 3.07. The van der Waals surface area contributed by atoms with Gasteiger partial charge in [-0.2, -0.15) is 0 Å². The van der Waals surface area contributed by atoms with Crippen molar-refractivity contribution in [2.45, 2.75) is 13.8 Å². The Kier molecular flexibility index (Phi) is 2.27. The summed E-state index contributed by atoms with van der Waals surface area (Å²) in [6, 6.07) is 3.55. The van der Waals surface area contributed by atoms with Crippen molar-refractivity contribution in [1.29, 1.82) is 0 Å². The molecule has 2 aromatic rings. The van der Waals surface area contributed by atoms with Crippen LogP contribution in [-0.4, -0.2) is 9.55 Å². The molecule has 3 nitrogen and oxygen atoms in total. The molecule has 1 aromatic heterocycles. The van der Waals surface area contributed by atoms with Crippen molar-refractivity contribution in [2.75, 3.05) is 0 Å². The summed E-state index contributed by atoms with van der Waals surface area (Å²) in [7, 11) is 1.71. The van der Waals surface area contributed by atoms with E-state index in [0.717, 1.165) is 5.56 Å². The standard InChI is InChI=1S/C11H11ClN2O/c1-6-8(12)4-5-9-10(6)11(15)14(3)7(2)13-9/h4-5H,1-3H3. The van der Waals surface area contributed by atoms with Crippen LogP contribution in [0.25, 0.3) is 10.9 Å². The lowest BCUT2D eigenvalue weighted by Crippen LogP contribution is -2.21. The van der Waals surface area contributed by atoms with E-state index in [0.29, 0.717) is 21.7 Å². The van der Waals surface area contributed by atoms with Crippen LogP contribution in [0.5, 0.6) is 0 Å². The largest absolute Gasteiger partial charge is 0.299 e. The van der Waals surface area contributed by atoms with E-state index < -0.39 is 0 Å². The Bertz CT molecular complexity index is 602. The second kappa shape index (κ2) is 3.35. The van der Waals surface area contributed by atoms with E-state index in [1.54, 1.807) is 19.2 Å². The van der Waals surface area contributed by atoms with Crippen LogP contribution < -0.4 is 5.56 Å². The first kappa shape index (κ1) is 10.2. The third-order valence-electron chi connectivity index (χ3n) is 2.66. The second-order valence-corrected chi connectivity index (χ2v) is 4.00. The van der Waals surface area contributed by atoms with Crippen molar-refractivity contribution in [3.05, 3.63) is 38.9 Å². The summed E-state index contributed by atoms with van der Waals surface area (Å²) in [5.41, 5.74) is 1.46. The SMILES string of the molecule is Cc1c(Cl)ccc2nc(C)n(C)c(=O)c12. The van der Waals surface area contributed by atoms with Crippen LogP contribution >= 0.6 is 11.6 Å². The van der Waals surface area contributed by atoms with Crippen molar-refractivity contribution in [3.63, 3.8) is 0 Å². The van der Waals surface area contributed by atoms with Crippen LogP contribution in [0.3, 0.4) is 0 Å². The van der Waals surface area contributed by atoms with Crippen LogP contribution in [0.1, 0.15) is 11.4 Å². The minimum absolute atomic E-state index is 0.0440. The summed E-state index contributed by atoms with van der Waals surface area (Å²) in [5.74, 6) is 0.703. The maximum absolute atomic E-state index is 12.0. The highest BCUT2D eigenvalue weighted by atomic mass is 35.5. The number of aryl methyl sites for hydroxylation is 2. The van der Waals surface area contributed by atoms with Crippen LogP contribution in [-0.2, 0) is 7.05 Å². The molecule has 2 rings (SSSR count). The van der Waals surface area contributed by atoms with E-state index in [9.17, 15) is 4.79 Å². The number of rotatable bonds is 0. The monoisotopic (exact) mass is 222 g/mol. The number of nitrogens with zero attached hydrogens (tertiary/aromatic N) is 2. The summed E-state index contributed by atoms with van der Waals surface area (Å²) in [6.45, 7) is 3.65. The summed E-state index contributed by atoms with van der Waals surface area (Å²) < 4.78 is 1.53. The molecular formula is C11H11ClN2O. The van der Waals surface area contributed by atoms with E-state index in [4.69, 9.17) is 11.6 Å².